The van der Waals surface area contributed by atoms with Crippen molar-refractivity contribution in [2.75, 3.05) is 0 Å². The second-order valence-electron chi connectivity index (χ2n) is 0.220. The molecule has 0 spiro atoms. The van der Waals surface area contributed by atoms with E-state index in [1.54, 1.807) is 0 Å². The van der Waals surface area contributed by atoms with E-state index in [1.807, 2.05) is 0 Å². The van der Waals surface area contributed by atoms with Gasteiger partial charge in [0.2, 0.25) is 0 Å². The third-order valence-corrected chi connectivity index (χ3v) is 0.0527. The zero-order valence-corrected chi connectivity index (χ0v) is 4.38. The number of isocyanates is 1. The lowest BCUT2D eigenvalue weighted by Crippen LogP contribution is -1.71. The van der Waals surface area contributed by atoms with Crippen LogP contribution < -0.4 is 5.84 Å². The Kier molecular flexibility index (Phi) is 62.0. The first-order valence-corrected chi connectivity index (χ1v) is 0.686. The summed E-state index contributed by atoms with van der Waals surface area (Å²) in [5.74, 6) is 4.23. The lowest BCUT2D eigenvalue weighted by Gasteiger charge is -1.41. The number of carbonyl (C=O) groups excluding carboxylic acids is 1. The van der Waals surface area contributed by atoms with E-state index in [0.29, 0.717) is 0 Å². The molecule has 0 aromatic carbocycles. The average molecular weight is 131 g/mol. The zero-order valence-electron chi connectivity index (χ0n) is 2.75. The topological polar surface area (TPSA) is 55.4 Å². The summed E-state index contributed by atoms with van der Waals surface area (Å²) in [7, 11) is 0. The molecule has 0 atom stereocenters. The molecule has 6 heavy (non-hydrogen) atoms. The van der Waals surface area contributed by atoms with Crippen molar-refractivity contribution >= 4 is 30.9 Å². The summed E-state index contributed by atoms with van der Waals surface area (Å²) in [5.41, 5.74) is 0. The number of hydrogen-bond acceptors (Lipinski definition) is 3. The van der Waals surface area contributed by atoms with Crippen LogP contribution in [0.5, 0.6) is 0 Å². The molecule has 5 heteroatoms. The van der Waals surface area contributed by atoms with Crippen LogP contribution >= 0.6 is 24.8 Å². The fraction of sp³-hybridized carbons (Fsp3) is 0. The number of halogens is 2. The highest BCUT2D eigenvalue weighted by Gasteiger charge is 1.27. The second-order valence-corrected chi connectivity index (χ2v) is 0.220. The third kappa shape index (κ3) is 49.6. The highest BCUT2D eigenvalue weighted by Crippen LogP contribution is 1.14. The normalized spacial score (nSPS) is 2.67. The maximum Gasteiger partial charge on any atom is 0.257 e. The first kappa shape index (κ1) is 17.1. The molecule has 0 saturated carbocycles. The minimum atomic E-state index is 0. The minimum absolute atomic E-state index is 0. The van der Waals surface area contributed by atoms with Crippen molar-refractivity contribution in [3.63, 3.8) is 0 Å². The molecule has 0 unspecified atom stereocenters. The Morgan fingerprint density at radius 2 is 1.67 bits per heavy atom. The SMILES string of the molecule is Cl.Cl.NN=C=O. The van der Waals surface area contributed by atoms with Gasteiger partial charge in [0.25, 0.3) is 6.08 Å². The van der Waals surface area contributed by atoms with Crippen LogP contribution in [0.4, 0.5) is 0 Å². The molecule has 3 nitrogen and oxygen atoms in total. The quantitative estimate of drug-likeness (QED) is 0.218. The fourth-order valence-corrected chi connectivity index (χ4v) is 0. The highest BCUT2D eigenvalue weighted by atomic mass is 35.5. The molecule has 0 rings (SSSR count). The number of hydrazone groups is 1. The maximum atomic E-state index is 8.76. The van der Waals surface area contributed by atoms with Gasteiger partial charge < -0.3 is 5.84 Å². The molecule has 0 aliphatic heterocycles. The summed E-state index contributed by atoms with van der Waals surface area (Å²) >= 11 is 0. The van der Waals surface area contributed by atoms with Gasteiger partial charge in [-0.3, -0.25) is 0 Å². The van der Waals surface area contributed by atoms with Crippen molar-refractivity contribution in [2.45, 2.75) is 0 Å². The smallest absolute Gasteiger partial charge is 0.257 e. The van der Waals surface area contributed by atoms with E-state index in [-0.39, 0.29) is 24.8 Å². The van der Waals surface area contributed by atoms with Crippen molar-refractivity contribution in [1.29, 1.82) is 0 Å². The van der Waals surface area contributed by atoms with Crippen LogP contribution in [-0.2, 0) is 4.79 Å². The van der Waals surface area contributed by atoms with Crippen molar-refractivity contribution in [1.82, 2.24) is 0 Å². The van der Waals surface area contributed by atoms with Crippen LogP contribution in [0.1, 0.15) is 0 Å². The fourth-order valence-electron chi connectivity index (χ4n) is 0. The van der Waals surface area contributed by atoms with Gasteiger partial charge in [-0.25, -0.2) is 4.79 Å². The Hall–Kier alpha value is -0.240. The summed E-state index contributed by atoms with van der Waals surface area (Å²) in [4.78, 5) is 8.76. The van der Waals surface area contributed by atoms with Crippen LogP contribution in [0, 0.1) is 0 Å². The summed E-state index contributed by atoms with van der Waals surface area (Å²) in [6.07, 6.45) is 1.08. The molecule has 0 aromatic rings. The molecular formula is CH4Cl2N2O. The molecule has 0 heterocycles. The van der Waals surface area contributed by atoms with Gasteiger partial charge in [0.05, 0.1) is 0 Å². The predicted octanol–water partition coefficient (Wildman–Crippen LogP) is 0.0395. The van der Waals surface area contributed by atoms with E-state index in [9.17, 15) is 0 Å². The van der Waals surface area contributed by atoms with E-state index < -0.39 is 0 Å². The Morgan fingerprint density at radius 3 is 1.67 bits per heavy atom. The van der Waals surface area contributed by atoms with Gasteiger partial charge in [0.1, 0.15) is 0 Å². The Balaban J connectivity index is -0.0000000450. The van der Waals surface area contributed by atoms with Gasteiger partial charge in [-0.2, -0.15) is 0 Å². The standard InChI is InChI=1S/CH2N2O.2ClH/c2-3-1-4;;/h2H2;2*1H. The van der Waals surface area contributed by atoms with Gasteiger partial charge in [0.15, 0.2) is 0 Å². The van der Waals surface area contributed by atoms with Gasteiger partial charge in [0, 0.05) is 0 Å². The molecule has 0 aliphatic rings. The number of rotatable bonds is 0. The van der Waals surface area contributed by atoms with Gasteiger partial charge in [-0.05, 0) is 0 Å². The van der Waals surface area contributed by atoms with Crippen molar-refractivity contribution in [3.8, 4) is 0 Å². The van der Waals surface area contributed by atoms with Gasteiger partial charge in [-0.1, -0.05) is 5.10 Å². The Labute approximate surface area is 47.4 Å². The van der Waals surface area contributed by atoms with Gasteiger partial charge >= 0.3 is 0 Å². The molecule has 0 bridgehead atoms. The zero-order chi connectivity index (χ0) is 3.41. The van der Waals surface area contributed by atoms with Crippen molar-refractivity contribution in [2.24, 2.45) is 10.9 Å². The van der Waals surface area contributed by atoms with Crippen molar-refractivity contribution < 1.29 is 4.79 Å². The summed E-state index contributed by atoms with van der Waals surface area (Å²) < 4.78 is 0. The number of nitrogens with two attached hydrogens (primary N) is 1. The molecular weight excluding hydrogens is 127 g/mol. The predicted molar refractivity (Wildman–Crippen MR) is 26.8 cm³/mol. The van der Waals surface area contributed by atoms with E-state index in [1.165, 1.54) is 0 Å². The Morgan fingerprint density at radius 1 is 1.50 bits per heavy atom. The molecule has 0 saturated heterocycles. The van der Waals surface area contributed by atoms with Crippen molar-refractivity contribution in [3.05, 3.63) is 0 Å². The highest BCUT2D eigenvalue weighted by molar-refractivity contribution is 5.85. The number of nitrogens with zero attached hydrogens (tertiary/aromatic N) is 1. The molecule has 2 N–H and O–H groups in total. The van der Waals surface area contributed by atoms with E-state index in [0.717, 1.165) is 6.08 Å². The lowest BCUT2D eigenvalue weighted by atomic mass is 11.6. The molecule has 0 aliphatic carbocycles. The summed E-state index contributed by atoms with van der Waals surface area (Å²) in [6, 6.07) is 0. The van der Waals surface area contributed by atoms with E-state index in [2.05, 4.69) is 10.9 Å². The lowest BCUT2D eigenvalue weighted by molar-refractivity contribution is 0.563. The van der Waals surface area contributed by atoms with Crippen LogP contribution in [0.3, 0.4) is 0 Å². The maximum absolute atomic E-state index is 8.76. The molecule has 38 valence electrons. The summed E-state index contributed by atoms with van der Waals surface area (Å²) in [6.45, 7) is 0. The summed E-state index contributed by atoms with van der Waals surface area (Å²) in [5, 5.41) is 2.43. The monoisotopic (exact) mass is 130 g/mol. The first-order chi connectivity index (χ1) is 1.91. The number of hydrogen-bond donors (Lipinski definition) is 1. The molecule has 0 amide bonds. The van der Waals surface area contributed by atoms with Gasteiger partial charge in [-0.15, -0.1) is 24.8 Å². The van der Waals surface area contributed by atoms with Crippen LogP contribution in [0.15, 0.2) is 5.10 Å². The van der Waals surface area contributed by atoms with E-state index >= 15 is 0 Å². The molecule has 0 radical (unpaired) electrons. The third-order valence-electron chi connectivity index (χ3n) is 0.0527. The second kappa shape index (κ2) is 21.7. The van der Waals surface area contributed by atoms with Crippen LogP contribution in [-0.4, -0.2) is 6.08 Å². The average Bonchev–Trinajstić information content (AvgIpc) is 1.37. The minimum Gasteiger partial charge on any atom is -0.312 e. The van der Waals surface area contributed by atoms with E-state index in [4.69, 9.17) is 4.79 Å². The molecule has 0 fully saturated rings. The van der Waals surface area contributed by atoms with Crippen LogP contribution in [0.25, 0.3) is 0 Å². The Bertz CT molecular complexity index is 49.5. The first-order valence-electron chi connectivity index (χ1n) is 0.686. The van der Waals surface area contributed by atoms with Crippen LogP contribution in [0.2, 0.25) is 0 Å². The molecule has 0 aromatic heterocycles. The largest absolute Gasteiger partial charge is 0.312 e.